The van der Waals surface area contributed by atoms with Crippen molar-refractivity contribution in [3.05, 3.63) is 35.9 Å². The maximum atomic E-state index is 12.3. The Morgan fingerprint density at radius 3 is 2.79 bits per heavy atom. The molecule has 1 heterocycles. The summed E-state index contributed by atoms with van der Waals surface area (Å²) in [5.74, 6) is -0.971. The lowest BCUT2D eigenvalue weighted by molar-refractivity contribution is -0.139. The van der Waals surface area contributed by atoms with E-state index in [-0.39, 0.29) is 19.3 Å². The molecular formula is C18H23N3O6S. The van der Waals surface area contributed by atoms with Gasteiger partial charge in [0.15, 0.2) is 6.10 Å². The summed E-state index contributed by atoms with van der Waals surface area (Å²) < 4.78 is 5.04. The second-order valence-electron chi connectivity index (χ2n) is 5.95. The Morgan fingerprint density at radius 2 is 2.11 bits per heavy atom. The van der Waals surface area contributed by atoms with E-state index < -0.39 is 30.4 Å². The van der Waals surface area contributed by atoms with E-state index in [1.165, 1.54) is 0 Å². The van der Waals surface area contributed by atoms with E-state index in [1.807, 2.05) is 13.0 Å². The SMILES string of the molecule is CCSC1=NOC(CNC(=O)[C@H](CC(=O)O)NC(=O)OCc2ccccc2)C1. The number of hydrogen-bond acceptors (Lipinski definition) is 7. The maximum absolute atomic E-state index is 12.3. The van der Waals surface area contributed by atoms with Crippen molar-refractivity contribution in [1.29, 1.82) is 0 Å². The van der Waals surface area contributed by atoms with E-state index in [0.717, 1.165) is 16.4 Å². The zero-order valence-electron chi connectivity index (χ0n) is 15.4. The molecule has 3 N–H and O–H groups in total. The van der Waals surface area contributed by atoms with Crippen molar-refractivity contribution in [3.63, 3.8) is 0 Å². The van der Waals surface area contributed by atoms with Gasteiger partial charge in [-0.15, -0.1) is 11.8 Å². The summed E-state index contributed by atoms with van der Waals surface area (Å²) in [6, 6.07) is 7.74. The molecule has 0 spiro atoms. The fourth-order valence-electron chi connectivity index (χ4n) is 2.39. The number of nitrogens with zero attached hydrogens (tertiary/aromatic N) is 1. The van der Waals surface area contributed by atoms with E-state index in [2.05, 4.69) is 15.8 Å². The second-order valence-corrected chi connectivity index (χ2v) is 7.29. The molecule has 1 unspecified atom stereocenters. The number of nitrogens with one attached hydrogen (secondary N) is 2. The first-order valence-corrected chi connectivity index (χ1v) is 9.78. The van der Waals surface area contributed by atoms with Gasteiger partial charge in [0.05, 0.1) is 13.0 Å². The molecule has 10 heteroatoms. The van der Waals surface area contributed by atoms with Gasteiger partial charge < -0.3 is 25.3 Å². The highest BCUT2D eigenvalue weighted by atomic mass is 32.2. The van der Waals surface area contributed by atoms with E-state index >= 15 is 0 Å². The topological polar surface area (TPSA) is 126 Å². The van der Waals surface area contributed by atoms with Crippen LogP contribution in [-0.2, 0) is 25.8 Å². The molecule has 0 aromatic heterocycles. The molecule has 2 rings (SSSR count). The molecule has 0 fully saturated rings. The molecule has 1 aliphatic heterocycles. The molecule has 0 aliphatic carbocycles. The van der Waals surface area contributed by atoms with Gasteiger partial charge >= 0.3 is 12.1 Å². The van der Waals surface area contributed by atoms with E-state index in [1.54, 1.807) is 36.0 Å². The zero-order valence-corrected chi connectivity index (χ0v) is 16.2. The molecule has 2 amide bonds. The van der Waals surface area contributed by atoms with Gasteiger partial charge in [-0.1, -0.05) is 42.4 Å². The van der Waals surface area contributed by atoms with Gasteiger partial charge in [-0.3, -0.25) is 9.59 Å². The van der Waals surface area contributed by atoms with Gasteiger partial charge in [-0.25, -0.2) is 4.79 Å². The number of benzene rings is 1. The highest BCUT2D eigenvalue weighted by Crippen LogP contribution is 2.18. The number of thioether (sulfide) groups is 1. The maximum Gasteiger partial charge on any atom is 0.408 e. The van der Waals surface area contributed by atoms with Crippen LogP contribution in [0.5, 0.6) is 0 Å². The average molecular weight is 409 g/mol. The minimum absolute atomic E-state index is 0.0131. The summed E-state index contributed by atoms with van der Waals surface area (Å²) in [4.78, 5) is 40.5. The number of carbonyl (C=O) groups is 3. The Morgan fingerprint density at radius 1 is 1.36 bits per heavy atom. The van der Waals surface area contributed by atoms with Gasteiger partial charge in [-0.2, -0.15) is 0 Å². The summed E-state index contributed by atoms with van der Waals surface area (Å²) >= 11 is 1.56. The molecule has 28 heavy (non-hydrogen) atoms. The van der Waals surface area contributed by atoms with Crippen LogP contribution < -0.4 is 10.6 Å². The number of hydrogen-bond donors (Lipinski definition) is 3. The van der Waals surface area contributed by atoms with Crippen molar-refractivity contribution in [2.24, 2.45) is 5.16 Å². The Bertz CT molecular complexity index is 713. The highest BCUT2D eigenvalue weighted by molar-refractivity contribution is 8.13. The number of amides is 2. The van der Waals surface area contributed by atoms with Crippen molar-refractivity contribution in [2.75, 3.05) is 12.3 Å². The normalized spacial score (nSPS) is 16.5. The molecule has 2 atom stereocenters. The summed E-state index contributed by atoms with van der Waals surface area (Å²) in [6.07, 6.45) is -1.17. The predicted molar refractivity (Wildman–Crippen MR) is 104 cm³/mol. The van der Waals surface area contributed by atoms with Crippen molar-refractivity contribution in [2.45, 2.75) is 38.5 Å². The van der Waals surface area contributed by atoms with Gasteiger partial charge in [-0.05, 0) is 11.3 Å². The van der Waals surface area contributed by atoms with Crippen LogP contribution in [0.15, 0.2) is 35.5 Å². The molecule has 1 aromatic carbocycles. The number of ether oxygens (including phenoxy) is 1. The zero-order chi connectivity index (χ0) is 20.4. The number of alkyl carbamates (subject to hydrolysis) is 1. The first-order chi connectivity index (χ1) is 13.5. The molecule has 1 aliphatic rings. The minimum atomic E-state index is -1.26. The smallest absolute Gasteiger partial charge is 0.408 e. The molecule has 1 aromatic rings. The second kappa shape index (κ2) is 11.2. The first-order valence-electron chi connectivity index (χ1n) is 8.80. The van der Waals surface area contributed by atoms with E-state index in [4.69, 9.17) is 14.7 Å². The third-order valence-corrected chi connectivity index (χ3v) is 4.58. The molecule has 9 nitrogen and oxygen atoms in total. The largest absolute Gasteiger partial charge is 0.481 e. The van der Waals surface area contributed by atoms with E-state index in [9.17, 15) is 14.4 Å². The number of carboxylic acid groups (broad SMARTS) is 1. The fraction of sp³-hybridized carbons (Fsp3) is 0.444. The highest BCUT2D eigenvalue weighted by Gasteiger charge is 2.27. The number of carbonyl (C=O) groups excluding carboxylic acids is 2. The number of aliphatic carboxylic acids is 1. The minimum Gasteiger partial charge on any atom is -0.481 e. The standard InChI is InChI=1S/C18H23N3O6S/c1-2-28-15-8-13(27-21-15)10-19-17(24)14(9-16(22)23)20-18(25)26-11-12-6-4-3-5-7-12/h3-7,13-14H,2,8-11H2,1H3,(H,19,24)(H,20,25)(H,22,23)/t13?,14-/m0/s1. The summed E-state index contributed by atoms with van der Waals surface area (Å²) in [7, 11) is 0. The first kappa shape index (κ1) is 21.5. The Kier molecular flexibility index (Phi) is 8.60. The third kappa shape index (κ3) is 7.47. The number of rotatable bonds is 9. The molecule has 0 saturated heterocycles. The number of oxime groups is 1. The van der Waals surface area contributed by atoms with Crippen LogP contribution in [0, 0.1) is 0 Å². The average Bonchev–Trinajstić information content (AvgIpc) is 3.12. The van der Waals surface area contributed by atoms with Crippen LogP contribution in [0.3, 0.4) is 0 Å². The lowest BCUT2D eigenvalue weighted by Crippen LogP contribution is -2.49. The van der Waals surface area contributed by atoms with Crippen molar-refractivity contribution in [3.8, 4) is 0 Å². The van der Waals surface area contributed by atoms with E-state index in [0.29, 0.717) is 6.42 Å². The lowest BCUT2D eigenvalue weighted by atomic mass is 10.2. The summed E-state index contributed by atoms with van der Waals surface area (Å²) in [5.41, 5.74) is 0.774. The molecule has 0 saturated carbocycles. The quantitative estimate of drug-likeness (QED) is 0.567. The van der Waals surface area contributed by atoms with Crippen LogP contribution in [0.2, 0.25) is 0 Å². The predicted octanol–water partition coefficient (Wildman–Crippen LogP) is 1.73. The molecule has 0 bridgehead atoms. The van der Waals surface area contributed by atoms with Crippen molar-refractivity contribution in [1.82, 2.24) is 10.6 Å². The molecular weight excluding hydrogens is 386 g/mol. The lowest BCUT2D eigenvalue weighted by Gasteiger charge is -2.18. The van der Waals surface area contributed by atoms with Gasteiger partial charge in [0, 0.05) is 6.42 Å². The summed E-state index contributed by atoms with van der Waals surface area (Å²) in [6.45, 7) is 2.17. The van der Waals surface area contributed by atoms with Crippen LogP contribution in [0.1, 0.15) is 25.3 Å². The fourth-order valence-corrected chi connectivity index (χ4v) is 3.13. The van der Waals surface area contributed by atoms with Crippen LogP contribution in [-0.4, -0.2) is 52.6 Å². The van der Waals surface area contributed by atoms with Gasteiger partial charge in [0.1, 0.15) is 17.7 Å². The Balaban J connectivity index is 1.80. The van der Waals surface area contributed by atoms with Crippen LogP contribution in [0.4, 0.5) is 4.79 Å². The number of carboxylic acids is 1. The molecule has 152 valence electrons. The van der Waals surface area contributed by atoms with Gasteiger partial charge in [0.2, 0.25) is 5.91 Å². The Hall–Kier alpha value is -2.75. The Labute approximate surface area is 166 Å². The molecule has 0 radical (unpaired) electrons. The monoisotopic (exact) mass is 409 g/mol. The van der Waals surface area contributed by atoms with Gasteiger partial charge in [0.25, 0.3) is 0 Å². The van der Waals surface area contributed by atoms with Crippen molar-refractivity contribution >= 4 is 34.8 Å². The van der Waals surface area contributed by atoms with Crippen LogP contribution >= 0.6 is 11.8 Å². The van der Waals surface area contributed by atoms with Crippen LogP contribution in [0.25, 0.3) is 0 Å². The van der Waals surface area contributed by atoms with Crippen molar-refractivity contribution < 1.29 is 29.1 Å². The third-order valence-electron chi connectivity index (χ3n) is 3.72. The summed E-state index contributed by atoms with van der Waals surface area (Å²) in [5, 5.41) is 18.7.